The minimum absolute atomic E-state index is 0.0419. The van der Waals surface area contributed by atoms with Gasteiger partial charge in [-0.1, -0.05) is 29.8 Å². The van der Waals surface area contributed by atoms with Crippen LogP contribution in [0.25, 0.3) is 0 Å². The van der Waals surface area contributed by atoms with Crippen molar-refractivity contribution >= 4 is 5.91 Å². The number of hydrogen-bond donors (Lipinski definition) is 0. The third-order valence-electron chi connectivity index (χ3n) is 4.63. The highest BCUT2D eigenvalue weighted by Crippen LogP contribution is 2.26. The van der Waals surface area contributed by atoms with Gasteiger partial charge in [-0.25, -0.2) is 0 Å². The molecular formula is C21H27NO3. The number of rotatable bonds is 7. The van der Waals surface area contributed by atoms with E-state index in [1.54, 1.807) is 19.1 Å². The molecule has 4 heteroatoms. The maximum Gasteiger partial charge on any atom is 0.223 e. The molecule has 0 aliphatic rings. The molecule has 0 spiro atoms. The highest BCUT2D eigenvalue weighted by Gasteiger charge is 2.18. The van der Waals surface area contributed by atoms with Crippen molar-refractivity contribution in [2.75, 3.05) is 21.3 Å². The number of methoxy groups -OCH3 is 2. The van der Waals surface area contributed by atoms with Gasteiger partial charge in [0.05, 0.1) is 20.3 Å². The summed E-state index contributed by atoms with van der Waals surface area (Å²) in [7, 11) is 5.13. The Balaban J connectivity index is 2.03. The molecule has 0 bridgehead atoms. The van der Waals surface area contributed by atoms with Crippen LogP contribution in [0.3, 0.4) is 0 Å². The van der Waals surface area contributed by atoms with Crippen LogP contribution in [-0.4, -0.2) is 32.1 Å². The fourth-order valence-electron chi connectivity index (χ4n) is 2.78. The number of aryl methyl sites for hydroxylation is 2. The van der Waals surface area contributed by atoms with E-state index in [9.17, 15) is 4.79 Å². The average Bonchev–Trinajstić information content (AvgIpc) is 2.65. The molecule has 2 rings (SSSR count). The highest BCUT2D eigenvalue weighted by molar-refractivity contribution is 5.76. The van der Waals surface area contributed by atoms with E-state index in [1.165, 1.54) is 5.56 Å². The van der Waals surface area contributed by atoms with Gasteiger partial charge < -0.3 is 14.4 Å². The Morgan fingerprint density at radius 2 is 1.76 bits per heavy atom. The Bertz CT molecular complexity index is 710. The molecule has 0 heterocycles. The lowest BCUT2D eigenvalue weighted by Gasteiger charge is -2.25. The SMILES string of the molecule is COc1ccc(OC)c(CCC(=O)N(C)C(C)c2ccc(C)cc2)c1. The van der Waals surface area contributed by atoms with Crippen molar-refractivity contribution in [1.29, 1.82) is 0 Å². The zero-order valence-electron chi connectivity index (χ0n) is 15.7. The Labute approximate surface area is 150 Å². The molecule has 0 saturated carbocycles. The molecular weight excluding hydrogens is 314 g/mol. The van der Waals surface area contributed by atoms with Crippen molar-refractivity contribution < 1.29 is 14.3 Å². The first-order valence-electron chi connectivity index (χ1n) is 8.49. The molecule has 0 aromatic heterocycles. The second kappa shape index (κ2) is 8.56. The fraction of sp³-hybridized carbons (Fsp3) is 0.381. The molecule has 134 valence electrons. The smallest absolute Gasteiger partial charge is 0.223 e. The van der Waals surface area contributed by atoms with E-state index in [2.05, 4.69) is 38.1 Å². The Morgan fingerprint density at radius 3 is 2.36 bits per heavy atom. The number of hydrogen-bond acceptors (Lipinski definition) is 3. The Hall–Kier alpha value is -2.49. The molecule has 0 radical (unpaired) electrons. The molecule has 4 nitrogen and oxygen atoms in total. The molecule has 2 aromatic carbocycles. The first-order chi connectivity index (χ1) is 12.0. The number of ether oxygens (including phenoxy) is 2. The average molecular weight is 341 g/mol. The van der Waals surface area contributed by atoms with Crippen molar-refractivity contribution in [2.24, 2.45) is 0 Å². The van der Waals surface area contributed by atoms with Crippen molar-refractivity contribution in [1.82, 2.24) is 4.90 Å². The fourth-order valence-corrected chi connectivity index (χ4v) is 2.78. The molecule has 0 aliphatic heterocycles. The van der Waals surface area contributed by atoms with Gasteiger partial charge in [-0.3, -0.25) is 4.79 Å². The van der Waals surface area contributed by atoms with Crippen LogP contribution < -0.4 is 9.47 Å². The quantitative estimate of drug-likeness (QED) is 0.759. The van der Waals surface area contributed by atoms with Gasteiger partial charge >= 0.3 is 0 Å². The molecule has 1 amide bonds. The van der Waals surface area contributed by atoms with E-state index in [0.29, 0.717) is 12.8 Å². The summed E-state index contributed by atoms with van der Waals surface area (Å²) < 4.78 is 10.6. The highest BCUT2D eigenvalue weighted by atomic mass is 16.5. The van der Waals surface area contributed by atoms with Crippen LogP contribution in [0, 0.1) is 6.92 Å². The van der Waals surface area contributed by atoms with Crippen LogP contribution in [0.1, 0.15) is 36.1 Å². The minimum atomic E-state index is 0.0419. The summed E-state index contributed by atoms with van der Waals surface area (Å²) in [6.07, 6.45) is 1.04. The van der Waals surface area contributed by atoms with Gasteiger partial charge in [0, 0.05) is 13.5 Å². The zero-order valence-corrected chi connectivity index (χ0v) is 15.7. The summed E-state index contributed by atoms with van der Waals surface area (Å²) in [6.45, 7) is 4.11. The predicted molar refractivity (Wildman–Crippen MR) is 100 cm³/mol. The summed E-state index contributed by atoms with van der Waals surface area (Å²) in [5, 5.41) is 0. The van der Waals surface area contributed by atoms with Crippen LogP contribution in [0.5, 0.6) is 11.5 Å². The van der Waals surface area contributed by atoms with Crippen LogP contribution >= 0.6 is 0 Å². The van der Waals surface area contributed by atoms with Crippen LogP contribution in [0.2, 0.25) is 0 Å². The Morgan fingerprint density at radius 1 is 1.08 bits per heavy atom. The van der Waals surface area contributed by atoms with E-state index in [1.807, 2.05) is 25.2 Å². The van der Waals surface area contributed by atoms with E-state index in [-0.39, 0.29) is 11.9 Å². The van der Waals surface area contributed by atoms with Crippen LogP contribution in [0.4, 0.5) is 0 Å². The minimum Gasteiger partial charge on any atom is -0.497 e. The van der Waals surface area contributed by atoms with E-state index in [0.717, 1.165) is 22.6 Å². The lowest BCUT2D eigenvalue weighted by molar-refractivity contribution is -0.131. The molecule has 2 aromatic rings. The largest absolute Gasteiger partial charge is 0.497 e. The van der Waals surface area contributed by atoms with Crippen molar-refractivity contribution in [2.45, 2.75) is 32.7 Å². The third kappa shape index (κ3) is 4.75. The van der Waals surface area contributed by atoms with Gasteiger partial charge in [-0.2, -0.15) is 0 Å². The van der Waals surface area contributed by atoms with E-state index >= 15 is 0 Å². The van der Waals surface area contributed by atoms with Crippen molar-refractivity contribution in [3.8, 4) is 11.5 Å². The van der Waals surface area contributed by atoms with E-state index in [4.69, 9.17) is 9.47 Å². The van der Waals surface area contributed by atoms with Gasteiger partial charge in [-0.05, 0) is 49.6 Å². The maximum atomic E-state index is 12.6. The standard InChI is InChI=1S/C21H27NO3/c1-15-6-8-17(9-7-15)16(2)22(3)21(23)13-10-18-14-19(24-4)11-12-20(18)25-5/h6-9,11-12,14,16H,10,13H2,1-5H3. The predicted octanol–water partition coefficient (Wildman–Crippen LogP) is 4.16. The number of carbonyl (C=O) groups is 1. The molecule has 0 fully saturated rings. The summed E-state index contributed by atoms with van der Waals surface area (Å²) in [4.78, 5) is 14.4. The zero-order chi connectivity index (χ0) is 18.4. The van der Waals surface area contributed by atoms with Gasteiger partial charge in [-0.15, -0.1) is 0 Å². The molecule has 25 heavy (non-hydrogen) atoms. The molecule has 0 N–H and O–H groups in total. The summed E-state index contributed by atoms with van der Waals surface area (Å²) in [6, 6.07) is 14.0. The lowest BCUT2D eigenvalue weighted by atomic mass is 10.0. The Kier molecular flexibility index (Phi) is 6.45. The second-order valence-electron chi connectivity index (χ2n) is 6.27. The first kappa shape index (κ1) is 18.8. The van der Waals surface area contributed by atoms with Crippen LogP contribution in [-0.2, 0) is 11.2 Å². The van der Waals surface area contributed by atoms with Crippen molar-refractivity contribution in [3.63, 3.8) is 0 Å². The normalized spacial score (nSPS) is 11.7. The molecule has 0 saturated heterocycles. The van der Waals surface area contributed by atoms with Gasteiger partial charge in [0.15, 0.2) is 0 Å². The second-order valence-corrected chi connectivity index (χ2v) is 6.27. The van der Waals surface area contributed by atoms with Crippen molar-refractivity contribution in [3.05, 3.63) is 59.2 Å². The lowest BCUT2D eigenvalue weighted by Crippen LogP contribution is -2.29. The summed E-state index contributed by atoms with van der Waals surface area (Å²) >= 11 is 0. The number of nitrogens with zero attached hydrogens (tertiary/aromatic N) is 1. The summed E-state index contributed by atoms with van der Waals surface area (Å²) in [5.41, 5.74) is 3.34. The van der Waals surface area contributed by atoms with Gasteiger partial charge in [0.25, 0.3) is 0 Å². The molecule has 1 unspecified atom stereocenters. The maximum absolute atomic E-state index is 12.6. The van der Waals surface area contributed by atoms with E-state index < -0.39 is 0 Å². The topological polar surface area (TPSA) is 38.8 Å². The first-order valence-corrected chi connectivity index (χ1v) is 8.49. The van der Waals surface area contributed by atoms with Gasteiger partial charge in [0.2, 0.25) is 5.91 Å². The van der Waals surface area contributed by atoms with Crippen LogP contribution in [0.15, 0.2) is 42.5 Å². The molecule has 0 aliphatic carbocycles. The monoisotopic (exact) mass is 341 g/mol. The molecule has 1 atom stereocenters. The number of benzene rings is 2. The summed E-state index contributed by atoms with van der Waals surface area (Å²) in [5.74, 6) is 1.66. The number of carbonyl (C=O) groups excluding carboxylic acids is 1. The number of amides is 1. The third-order valence-corrected chi connectivity index (χ3v) is 4.63. The van der Waals surface area contributed by atoms with Gasteiger partial charge in [0.1, 0.15) is 11.5 Å².